The molecule has 15 heavy (non-hydrogen) atoms. The summed E-state index contributed by atoms with van der Waals surface area (Å²) in [7, 11) is 1.20. The molecule has 1 aromatic carbocycles. The summed E-state index contributed by atoms with van der Waals surface area (Å²) in [4.78, 5) is 11.0. The van der Waals surface area contributed by atoms with Crippen molar-refractivity contribution in [2.24, 2.45) is 0 Å². The minimum absolute atomic E-state index is 0.0795. The van der Waals surface area contributed by atoms with Crippen LogP contribution in [0, 0.1) is 5.82 Å². The predicted octanol–water partition coefficient (Wildman–Crippen LogP) is 1.59. The first kappa shape index (κ1) is 11.4. The molecular weight excluding hydrogens is 199 g/mol. The van der Waals surface area contributed by atoms with Crippen molar-refractivity contribution in [1.82, 2.24) is 0 Å². The van der Waals surface area contributed by atoms with E-state index in [0.29, 0.717) is 5.56 Å². The van der Waals surface area contributed by atoms with Crippen molar-refractivity contribution in [3.05, 3.63) is 47.8 Å². The van der Waals surface area contributed by atoms with E-state index in [-0.39, 0.29) is 5.57 Å². The van der Waals surface area contributed by atoms with Gasteiger partial charge in [0.15, 0.2) is 0 Å². The zero-order valence-electron chi connectivity index (χ0n) is 8.24. The molecule has 0 heterocycles. The van der Waals surface area contributed by atoms with Gasteiger partial charge in [-0.05, 0) is 17.7 Å². The molecule has 0 saturated carbocycles. The normalized spacial score (nSPS) is 11.9. The fraction of sp³-hybridized carbons (Fsp3) is 0.182. The van der Waals surface area contributed by atoms with Gasteiger partial charge >= 0.3 is 5.97 Å². The fourth-order valence-corrected chi connectivity index (χ4v) is 1.09. The quantitative estimate of drug-likeness (QED) is 0.608. The Morgan fingerprint density at radius 3 is 2.47 bits per heavy atom. The number of hydrogen-bond donors (Lipinski definition) is 1. The highest BCUT2D eigenvalue weighted by molar-refractivity contribution is 5.88. The molecule has 0 spiro atoms. The second-order valence-electron chi connectivity index (χ2n) is 2.97. The summed E-state index contributed by atoms with van der Waals surface area (Å²) in [5.41, 5.74) is 0.316. The third kappa shape index (κ3) is 2.63. The lowest BCUT2D eigenvalue weighted by atomic mass is 10.0. The first-order chi connectivity index (χ1) is 7.06. The number of aliphatic hydroxyl groups is 1. The van der Waals surface area contributed by atoms with Gasteiger partial charge in [-0.25, -0.2) is 9.18 Å². The molecule has 0 aliphatic carbocycles. The van der Waals surface area contributed by atoms with Crippen LogP contribution < -0.4 is 0 Å². The Hall–Kier alpha value is -1.68. The van der Waals surface area contributed by atoms with Crippen LogP contribution in [0.5, 0.6) is 0 Å². The van der Waals surface area contributed by atoms with E-state index in [0.717, 1.165) is 0 Å². The van der Waals surface area contributed by atoms with Crippen LogP contribution in [-0.4, -0.2) is 18.2 Å². The zero-order chi connectivity index (χ0) is 11.4. The molecule has 1 rings (SSSR count). The van der Waals surface area contributed by atoms with E-state index in [1.807, 2.05) is 0 Å². The number of hydrogen-bond acceptors (Lipinski definition) is 3. The molecular formula is C11H11FO3. The van der Waals surface area contributed by atoms with Crippen molar-refractivity contribution in [1.29, 1.82) is 0 Å². The number of halogens is 1. The van der Waals surface area contributed by atoms with Crippen LogP contribution in [0.4, 0.5) is 4.39 Å². The van der Waals surface area contributed by atoms with Crippen LogP contribution in [0.1, 0.15) is 11.7 Å². The molecule has 1 atom stereocenters. The fourth-order valence-electron chi connectivity index (χ4n) is 1.09. The highest BCUT2D eigenvalue weighted by Crippen LogP contribution is 2.21. The molecule has 0 amide bonds. The first-order valence-electron chi connectivity index (χ1n) is 4.27. The molecule has 1 aromatic rings. The molecule has 0 unspecified atom stereocenters. The van der Waals surface area contributed by atoms with E-state index in [1.165, 1.54) is 31.4 Å². The van der Waals surface area contributed by atoms with E-state index in [2.05, 4.69) is 11.3 Å². The van der Waals surface area contributed by atoms with Gasteiger partial charge in [-0.2, -0.15) is 0 Å². The molecule has 3 nitrogen and oxygen atoms in total. The summed E-state index contributed by atoms with van der Waals surface area (Å²) in [6.45, 7) is 3.41. The maximum Gasteiger partial charge on any atom is 0.336 e. The summed E-state index contributed by atoms with van der Waals surface area (Å²) in [6.07, 6.45) is -1.17. The van der Waals surface area contributed by atoms with Gasteiger partial charge in [0.25, 0.3) is 0 Å². The maximum atomic E-state index is 12.6. The smallest absolute Gasteiger partial charge is 0.336 e. The number of rotatable bonds is 3. The second kappa shape index (κ2) is 4.70. The molecule has 4 heteroatoms. The largest absolute Gasteiger partial charge is 0.466 e. The average molecular weight is 210 g/mol. The molecule has 0 aromatic heterocycles. The van der Waals surface area contributed by atoms with Gasteiger partial charge in [0.05, 0.1) is 12.7 Å². The molecule has 80 valence electrons. The van der Waals surface area contributed by atoms with E-state index < -0.39 is 17.9 Å². The van der Waals surface area contributed by atoms with Gasteiger partial charge < -0.3 is 9.84 Å². The topological polar surface area (TPSA) is 46.5 Å². The molecule has 1 N–H and O–H groups in total. The van der Waals surface area contributed by atoms with Crippen molar-refractivity contribution < 1.29 is 19.0 Å². The van der Waals surface area contributed by atoms with Crippen molar-refractivity contribution in [2.45, 2.75) is 6.10 Å². The Balaban J connectivity index is 2.85. The van der Waals surface area contributed by atoms with Crippen LogP contribution >= 0.6 is 0 Å². The van der Waals surface area contributed by atoms with Crippen molar-refractivity contribution in [3.8, 4) is 0 Å². The Morgan fingerprint density at radius 2 is 2.00 bits per heavy atom. The lowest BCUT2D eigenvalue weighted by Crippen LogP contribution is -2.11. The van der Waals surface area contributed by atoms with Crippen LogP contribution in [0.3, 0.4) is 0 Å². The monoisotopic (exact) mass is 210 g/mol. The highest BCUT2D eigenvalue weighted by Gasteiger charge is 2.18. The van der Waals surface area contributed by atoms with Gasteiger partial charge in [0.2, 0.25) is 0 Å². The SMILES string of the molecule is C=C(C(=O)OC)[C@@H](O)c1ccc(F)cc1. The van der Waals surface area contributed by atoms with Gasteiger partial charge in [-0.3, -0.25) is 0 Å². The summed E-state index contributed by atoms with van der Waals surface area (Å²) in [5.74, 6) is -1.10. The minimum atomic E-state index is -1.17. The summed E-state index contributed by atoms with van der Waals surface area (Å²) in [5, 5.41) is 9.66. The van der Waals surface area contributed by atoms with Crippen LogP contribution in [-0.2, 0) is 9.53 Å². The maximum absolute atomic E-state index is 12.6. The van der Waals surface area contributed by atoms with E-state index in [4.69, 9.17) is 0 Å². The molecule has 0 aliphatic heterocycles. The second-order valence-corrected chi connectivity index (χ2v) is 2.97. The molecule has 0 saturated heterocycles. The van der Waals surface area contributed by atoms with Crippen LogP contribution in [0.25, 0.3) is 0 Å². The van der Waals surface area contributed by atoms with Crippen LogP contribution in [0.2, 0.25) is 0 Å². The number of esters is 1. The first-order valence-corrected chi connectivity index (χ1v) is 4.27. The molecule has 0 radical (unpaired) electrons. The van der Waals surface area contributed by atoms with Gasteiger partial charge in [-0.1, -0.05) is 18.7 Å². The van der Waals surface area contributed by atoms with E-state index in [1.54, 1.807) is 0 Å². The Kier molecular flexibility index (Phi) is 3.57. The lowest BCUT2D eigenvalue weighted by Gasteiger charge is -2.11. The van der Waals surface area contributed by atoms with E-state index in [9.17, 15) is 14.3 Å². The third-order valence-electron chi connectivity index (χ3n) is 1.96. The number of ether oxygens (including phenoxy) is 1. The van der Waals surface area contributed by atoms with Gasteiger partial charge in [0, 0.05) is 0 Å². The highest BCUT2D eigenvalue weighted by atomic mass is 19.1. The van der Waals surface area contributed by atoms with Gasteiger partial charge in [0.1, 0.15) is 11.9 Å². The Morgan fingerprint density at radius 1 is 1.47 bits per heavy atom. The minimum Gasteiger partial charge on any atom is -0.466 e. The Labute approximate surface area is 86.8 Å². The molecule has 0 bridgehead atoms. The zero-order valence-corrected chi connectivity index (χ0v) is 8.24. The number of carbonyl (C=O) groups is 1. The van der Waals surface area contributed by atoms with Crippen molar-refractivity contribution >= 4 is 5.97 Å². The number of methoxy groups -OCH3 is 1. The van der Waals surface area contributed by atoms with E-state index >= 15 is 0 Å². The summed E-state index contributed by atoms with van der Waals surface area (Å²) < 4.78 is 17.0. The number of benzene rings is 1. The van der Waals surface area contributed by atoms with Crippen molar-refractivity contribution in [3.63, 3.8) is 0 Å². The predicted molar refractivity (Wildman–Crippen MR) is 52.5 cm³/mol. The average Bonchev–Trinajstić information content (AvgIpc) is 2.27. The van der Waals surface area contributed by atoms with Gasteiger partial charge in [-0.15, -0.1) is 0 Å². The number of carbonyl (C=O) groups excluding carboxylic acids is 1. The third-order valence-corrected chi connectivity index (χ3v) is 1.96. The van der Waals surface area contributed by atoms with Crippen molar-refractivity contribution in [2.75, 3.05) is 7.11 Å². The lowest BCUT2D eigenvalue weighted by molar-refractivity contribution is -0.137. The standard InChI is InChI=1S/C11H11FO3/c1-7(11(14)15-2)10(13)8-3-5-9(12)6-4-8/h3-6,10,13H,1H2,2H3/t10-/m1/s1. The summed E-state index contributed by atoms with van der Waals surface area (Å²) >= 11 is 0. The summed E-state index contributed by atoms with van der Waals surface area (Å²) in [6, 6.07) is 5.16. The molecule has 0 aliphatic rings. The number of aliphatic hydroxyl groups excluding tert-OH is 1. The Bertz CT molecular complexity index is 370. The van der Waals surface area contributed by atoms with Crippen LogP contribution in [0.15, 0.2) is 36.4 Å². The molecule has 0 fully saturated rings.